The van der Waals surface area contributed by atoms with Gasteiger partial charge in [0.25, 0.3) is 0 Å². The zero-order valence-electron chi connectivity index (χ0n) is 15.5. The van der Waals surface area contributed by atoms with Crippen LogP contribution in [0.1, 0.15) is 35.7 Å². The van der Waals surface area contributed by atoms with E-state index in [0.29, 0.717) is 18.7 Å². The molecule has 0 saturated carbocycles. The lowest BCUT2D eigenvalue weighted by atomic mass is 9.78. The van der Waals surface area contributed by atoms with Gasteiger partial charge in [0.15, 0.2) is 0 Å². The Labute approximate surface area is 163 Å². The molecule has 0 aliphatic carbocycles. The first-order valence-electron chi connectivity index (χ1n) is 8.87. The number of hydrogen-bond acceptors (Lipinski definition) is 5. The van der Waals surface area contributed by atoms with Gasteiger partial charge < -0.3 is 14.6 Å². The number of ether oxygens (including phenoxy) is 1. The van der Waals surface area contributed by atoms with Gasteiger partial charge in [-0.05, 0) is 23.3 Å². The summed E-state index contributed by atoms with van der Waals surface area (Å²) in [6.45, 7) is 4.93. The Balaban J connectivity index is 1.56. The largest absolute Gasteiger partial charge is 0.550 e. The lowest BCUT2D eigenvalue weighted by molar-refractivity contribution is -0.304. The molecule has 0 amide bonds. The maximum atomic E-state index is 10.6. The van der Waals surface area contributed by atoms with Crippen molar-refractivity contribution in [3.63, 3.8) is 0 Å². The number of carbonyl (C=O) groups is 1. The van der Waals surface area contributed by atoms with Crippen LogP contribution in [0, 0.1) is 0 Å². The second-order valence-corrected chi connectivity index (χ2v) is 7.84. The standard InChI is InChI=1S/C22H23NO3S/c1-22(2,16-6-4-3-5-7-16)17-8-10-19(11-9-17)26-13-12-20-23-18(15-27-20)14-21(24)25/h3-11,15H,12-14H2,1-2H3,(H,24,25)/p-1. The number of rotatable bonds is 8. The van der Waals surface area contributed by atoms with E-state index in [-0.39, 0.29) is 11.8 Å². The molecule has 1 heterocycles. The predicted molar refractivity (Wildman–Crippen MR) is 105 cm³/mol. The maximum absolute atomic E-state index is 10.6. The summed E-state index contributed by atoms with van der Waals surface area (Å²) in [6, 6.07) is 18.6. The molecule has 0 atom stereocenters. The van der Waals surface area contributed by atoms with E-state index in [1.807, 2.05) is 18.2 Å². The zero-order valence-corrected chi connectivity index (χ0v) is 16.3. The van der Waals surface area contributed by atoms with Gasteiger partial charge in [0.2, 0.25) is 0 Å². The number of carboxylic acids is 1. The maximum Gasteiger partial charge on any atom is 0.119 e. The number of hydrogen-bond donors (Lipinski definition) is 0. The van der Waals surface area contributed by atoms with Crippen molar-refractivity contribution in [2.24, 2.45) is 0 Å². The monoisotopic (exact) mass is 380 g/mol. The quantitative estimate of drug-likeness (QED) is 0.601. The van der Waals surface area contributed by atoms with Crippen molar-refractivity contribution in [1.29, 1.82) is 0 Å². The Bertz CT molecular complexity index is 885. The van der Waals surface area contributed by atoms with Crippen molar-refractivity contribution in [3.05, 3.63) is 81.8 Å². The van der Waals surface area contributed by atoms with Crippen molar-refractivity contribution in [3.8, 4) is 5.75 Å². The molecule has 0 aliphatic heterocycles. The molecule has 3 aromatic rings. The van der Waals surface area contributed by atoms with Gasteiger partial charge in [-0.15, -0.1) is 11.3 Å². The van der Waals surface area contributed by atoms with E-state index in [2.05, 4.69) is 55.2 Å². The highest BCUT2D eigenvalue weighted by Gasteiger charge is 2.22. The van der Waals surface area contributed by atoms with Crippen LogP contribution in [0.3, 0.4) is 0 Å². The van der Waals surface area contributed by atoms with Crippen LogP contribution < -0.4 is 9.84 Å². The Morgan fingerprint density at radius 3 is 2.41 bits per heavy atom. The molecule has 2 aromatic carbocycles. The van der Waals surface area contributed by atoms with E-state index in [4.69, 9.17) is 4.74 Å². The van der Waals surface area contributed by atoms with E-state index in [0.717, 1.165) is 10.8 Å². The van der Waals surface area contributed by atoms with Crippen LogP contribution in [0.15, 0.2) is 60.0 Å². The minimum absolute atomic E-state index is 0.0733. The minimum Gasteiger partial charge on any atom is -0.550 e. The van der Waals surface area contributed by atoms with Crippen molar-refractivity contribution >= 4 is 17.3 Å². The average molecular weight is 380 g/mol. The van der Waals surface area contributed by atoms with Crippen LogP contribution in [0.5, 0.6) is 5.75 Å². The first-order valence-corrected chi connectivity index (χ1v) is 9.75. The molecule has 0 fully saturated rings. The van der Waals surface area contributed by atoms with E-state index in [9.17, 15) is 9.90 Å². The van der Waals surface area contributed by atoms with Gasteiger partial charge in [-0.2, -0.15) is 0 Å². The van der Waals surface area contributed by atoms with Gasteiger partial charge in [0.1, 0.15) is 5.75 Å². The third-order valence-corrected chi connectivity index (χ3v) is 5.54. The smallest absolute Gasteiger partial charge is 0.119 e. The number of aliphatic carboxylic acids is 1. The summed E-state index contributed by atoms with van der Waals surface area (Å²) in [5, 5.41) is 13.2. The van der Waals surface area contributed by atoms with Crippen LogP contribution >= 0.6 is 11.3 Å². The van der Waals surface area contributed by atoms with Gasteiger partial charge in [-0.1, -0.05) is 56.3 Å². The Hall–Kier alpha value is -2.66. The van der Waals surface area contributed by atoms with Crippen LogP contribution in [0.25, 0.3) is 0 Å². The van der Waals surface area contributed by atoms with E-state index in [1.54, 1.807) is 5.38 Å². The normalized spacial score (nSPS) is 11.3. The SMILES string of the molecule is CC(C)(c1ccccc1)c1ccc(OCCc2nc(CC(=O)[O-])cs2)cc1. The Morgan fingerprint density at radius 2 is 1.74 bits per heavy atom. The summed E-state index contributed by atoms with van der Waals surface area (Å²) >= 11 is 1.45. The van der Waals surface area contributed by atoms with Gasteiger partial charge in [0, 0.05) is 29.6 Å². The molecule has 0 aliphatic rings. The molecule has 27 heavy (non-hydrogen) atoms. The second-order valence-electron chi connectivity index (χ2n) is 6.90. The number of carboxylic acid groups (broad SMARTS) is 1. The summed E-state index contributed by atoms with van der Waals surface area (Å²) in [6.07, 6.45) is 0.505. The van der Waals surface area contributed by atoms with Crippen molar-refractivity contribution in [1.82, 2.24) is 4.98 Å². The third-order valence-electron chi connectivity index (χ3n) is 4.58. The minimum atomic E-state index is -1.11. The summed E-state index contributed by atoms with van der Waals surface area (Å²) in [7, 11) is 0. The first kappa shape index (κ1) is 19.1. The van der Waals surface area contributed by atoms with Gasteiger partial charge in [-0.3, -0.25) is 0 Å². The number of carbonyl (C=O) groups excluding carboxylic acids is 1. The fraction of sp³-hybridized carbons (Fsp3) is 0.273. The topological polar surface area (TPSA) is 62.2 Å². The Kier molecular flexibility index (Phi) is 5.91. The molecule has 0 radical (unpaired) electrons. The van der Waals surface area contributed by atoms with Crippen molar-refractivity contribution < 1.29 is 14.6 Å². The molecule has 0 saturated heterocycles. The molecular formula is C22H22NO3S-. The molecule has 0 N–H and O–H groups in total. The van der Waals surface area contributed by atoms with E-state index >= 15 is 0 Å². The third kappa shape index (κ3) is 4.95. The lowest BCUT2D eigenvalue weighted by Gasteiger charge is -2.26. The fourth-order valence-corrected chi connectivity index (χ4v) is 3.72. The predicted octanol–water partition coefficient (Wildman–Crippen LogP) is 3.38. The molecule has 140 valence electrons. The molecule has 0 spiro atoms. The number of thiazole rings is 1. The van der Waals surface area contributed by atoms with Crippen molar-refractivity contribution in [2.75, 3.05) is 6.61 Å². The molecule has 0 bridgehead atoms. The lowest BCUT2D eigenvalue weighted by Crippen LogP contribution is -2.24. The highest BCUT2D eigenvalue weighted by molar-refractivity contribution is 7.09. The molecular weight excluding hydrogens is 358 g/mol. The summed E-state index contributed by atoms with van der Waals surface area (Å²) in [5.41, 5.74) is 2.97. The molecule has 4 nitrogen and oxygen atoms in total. The highest BCUT2D eigenvalue weighted by atomic mass is 32.1. The Morgan fingerprint density at radius 1 is 1.07 bits per heavy atom. The number of benzene rings is 2. The van der Waals surface area contributed by atoms with Gasteiger partial charge >= 0.3 is 0 Å². The first-order chi connectivity index (χ1) is 12.9. The summed E-state index contributed by atoms with van der Waals surface area (Å²) in [5.74, 6) is -0.296. The summed E-state index contributed by atoms with van der Waals surface area (Å²) in [4.78, 5) is 14.9. The second kappa shape index (κ2) is 8.35. The van der Waals surface area contributed by atoms with Crippen LogP contribution in [0.4, 0.5) is 0 Å². The van der Waals surface area contributed by atoms with Crippen molar-refractivity contribution in [2.45, 2.75) is 32.1 Å². The average Bonchev–Trinajstić information content (AvgIpc) is 3.09. The number of nitrogens with zero attached hydrogens (tertiary/aromatic N) is 1. The zero-order chi connectivity index (χ0) is 19.3. The summed E-state index contributed by atoms with van der Waals surface area (Å²) < 4.78 is 5.81. The highest BCUT2D eigenvalue weighted by Crippen LogP contribution is 2.32. The van der Waals surface area contributed by atoms with Crippen LogP contribution in [0.2, 0.25) is 0 Å². The fourth-order valence-electron chi connectivity index (χ4n) is 2.94. The van der Waals surface area contributed by atoms with Crippen LogP contribution in [-0.4, -0.2) is 17.6 Å². The van der Waals surface area contributed by atoms with Gasteiger partial charge in [0.05, 0.1) is 17.3 Å². The number of aromatic nitrogens is 1. The molecule has 1 aromatic heterocycles. The van der Waals surface area contributed by atoms with E-state index in [1.165, 1.54) is 22.5 Å². The van der Waals surface area contributed by atoms with Crippen LogP contribution in [-0.2, 0) is 23.1 Å². The van der Waals surface area contributed by atoms with E-state index < -0.39 is 5.97 Å². The molecule has 3 rings (SSSR count). The van der Waals surface area contributed by atoms with Gasteiger partial charge in [-0.25, -0.2) is 4.98 Å². The molecule has 5 heteroatoms. The molecule has 0 unspecified atom stereocenters.